The van der Waals surface area contributed by atoms with E-state index >= 15 is 0 Å². The van der Waals surface area contributed by atoms with Crippen molar-refractivity contribution in [2.45, 2.75) is 24.4 Å². The molecule has 4 atom stereocenters. The quantitative estimate of drug-likeness (QED) is 0.322. The summed E-state index contributed by atoms with van der Waals surface area (Å²) in [5.74, 6) is -0.534. The first-order chi connectivity index (χ1) is 13.4. The third-order valence-corrected chi connectivity index (χ3v) is 4.35. The summed E-state index contributed by atoms with van der Waals surface area (Å²) in [5.41, 5.74) is 1.33. The molecule has 2 aromatic carbocycles. The van der Waals surface area contributed by atoms with Gasteiger partial charge in [-0.1, -0.05) is 60.7 Å². The molecule has 28 heavy (non-hydrogen) atoms. The lowest BCUT2D eigenvalue weighted by molar-refractivity contribution is -0.0980. The maximum atomic E-state index is 10.4. The molecule has 5 N–H and O–H groups in total. The van der Waals surface area contributed by atoms with Crippen LogP contribution in [-0.2, 0) is 4.18 Å². The highest BCUT2D eigenvalue weighted by Gasteiger charge is 2.35. The molecule has 0 amide bonds. The van der Waals surface area contributed by atoms with Crippen LogP contribution >= 0.6 is 12.0 Å². The monoisotopic (exact) mass is 404 g/mol. The van der Waals surface area contributed by atoms with E-state index in [0.29, 0.717) is 5.56 Å². The second kappa shape index (κ2) is 10.9. The minimum atomic E-state index is -1.85. The molecule has 0 saturated heterocycles. The maximum absolute atomic E-state index is 10.4. The minimum absolute atomic E-state index is 0.00368. The van der Waals surface area contributed by atoms with Crippen LogP contribution in [0.4, 0.5) is 0 Å². The Morgan fingerprint density at radius 1 is 0.786 bits per heavy atom. The Hall–Kier alpha value is -2.29. The number of hydrogen-bond acceptors (Lipinski definition) is 7. The molecule has 0 unspecified atom stereocenters. The number of hydrogen-bond donors (Lipinski definition) is 5. The second-order valence-electron chi connectivity index (χ2n) is 6.06. The standard InChI is InChI=1S/C21H24O6S/c1-28-27-17(13-15-10-6-3-7-11-15)19(24)21(26)20(25)18(23)16(22)12-14-8-4-2-5-9-14/h2-13,18-26H,1H3/t18-,19+,20-,21-/m1/s1. The molecule has 0 radical (unpaired) electrons. The summed E-state index contributed by atoms with van der Waals surface area (Å²) in [6.07, 6.45) is -2.64. The minimum Gasteiger partial charge on any atom is -0.509 e. The van der Waals surface area contributed by atoms with E-state index in [1.165, 1.54) is 12.2 Å². The molecule has 0 bridgehead atoms. The van der Waals surface area contributed by atoms with Gasteiger partial charge < -0.3 is 29.7 Å². The van der Waals surface area contributed by atoms with Gasteiger partial charge >= 0.3 is 0 Å². The van der Waals surface area contributed by atoms with Crippen LogP contribution in [0.5, 0.6) is 0 Å². The Bertz CT molecular complexity index is 778. The van der Waals surface area contributed by atoms with E-state index in [1.54, 1.807) is 60.9 Å². The number of rotatable bonds is 9. The van der Waals surface area contributed by atoms with E-state index in [-0.39, 0.29) is 5.76 Å². The molecule has 0 spiro atoms. The zero-order valence-electron chi connectivity index (χ0n) is 15.3. The van der Waals surface area contributed by atoms with Gasteiger partial charge in [-0.2, -0.15) is 0 Å². The average Bonchev–Trinajstić information content (AvgIpc) is 2.72. The SMILES string of the molecule is CSOC(=Cc1ccccc1)[C@H](O)[C@@H](O)[C@H](O)[C@H](O)C(O)=Cc1ccccc1. The summed E-state index contributed by atoms with van der Waals surface area (Å²) in [6, 6.07) is 17.7. The number of aliphatic hydroxyl groups is 5. The van der Waals surface area contributed by atoms with Gasteiger partial charge in [0.1, 0.15) is 35.9 Å². The molecule has 0 heterocycles. The Balaban J connectivity index is 2.15. The fourth-order valence-corrected chi connectivity index (χ4v) is 2.83. The highest BCUT2D eigenvalue weighted by Crippen LogP contribution is 2.22. The fraction of sp³-hybridized carbons (Fsp3) is 0.238. The van der Waals surface area contributed by atoms with Crippen molar-refractivity contribution >= 4 is 24.2 Å². The summed E-state index contributed by atoms with van der Waals surface area (Å²) in [6.45, 7) is 0. The number of benzene rings is 2. The Morgan fingerprint density at radius 3 is 1.75 bits per heavy atom. The van der Waals surface area contributed by atoms with E-state index in [0.717, 1.165) is 17.6 Å². The third-order valence-electron chi connectivity index (χ3n) is 3.99. The van der Waals surface area contributed by atoms with Crippen LogP contribution in [0.25, 0.3) is 12.2 Å². The molecule has 6 nitrogen and oxygen atoms in total. The summed E-state index contributed by atoms with van der Waals surface area (Å²) in [7, 11) is 0. The van der Waals surface area contributed by atoms with Gasteiger partial charge in [0, 0.05) is 6.26 Å². The van der Waals surface area contributed by atoms with Crippen LogP contribution in [0.2, 0.25) is 0 Å². The lowest BCUT2D eigenvalue weighted by Gasteiger charge is -2.27. The molecule has 2 aromatic rings. The van der Waals surface area contributed by atoms with Gasteiger partial charge in [0.25, 0.3) is 0 Å². The Labute approximate surface area is 168 Å². The van der Waals surface area contributed by atoms with Crippen LogP contribution in [0.15, 0.2) is 72.2 Å². The molecule has 0 fully saturated rings. The van der Waals surface area contributed by atoms with Crippen molar-refractivity contribution in [1.82, 2.24) is 0 Å². The Kier molecular flexibility index (Phi) is 8.56. The molecular weight excluding hydrogens is 380 g/mol. The lowest BCUT2D eigenvalue weighted by atomic mass is 9.99. The largest absolute Gasteiger partial charge is 0.509 e. The van der Waals surface area contributed by atoms with E-state index in [1.807, 2.05) is 6.07 Å². The molecule has 0 saturated carbocycles. The molecule has 0 aliphatic rings. The maximum Gasteiger partial charge on any atom is 0.146 e. The zero-order valence-corrected chi connectivity index (χ0v) is 16.1. The van der Waals surface area contributed by atoms with Crippen LogP contribution in [0, 0.1) is 0 Å². The van der Waals surface area contributed by atoms with Gasteiger partial charge in [-0.05, 0) is 23.3 Å². The fourth-order valence-electron chi connectivity index (χ4n) is 2.49. The molecule has 2 rings (SSSR count). The summed E-state index contributed by atoms with van der Waals surface area (Å²) >= 11 is 0.959. The van der Waals surface area contributed by atoms with E-state index < -0.39 is 30.2 Å². The van der Waals surface area contributed by atoms with Crippen molar-refractivity contribution in [3.05, 3.63) is 83.3 Å². The molecular formula is C21H24O6S. The smallest absolute Gasteiger partial charge is 0.146 e. The first-order valence-electron chi connectivity index (χ1n) is 8.59. The van der Waals surface area contributed by atoms with Crippen molar-refractivity contribution in [3.8, 4) is 0 Å². The predicted molar refractivity (Wildman–Crippen MR) is 110 cm³/mol. The van der Waals surface area contributed by atoms with E-state index in [2.05, 4.69) is 0 Å². The van der Waals surface area contributed by atoms with Crippen molar-refractivity contribution < 1.29 is 29.7 Å². The first-order valence-corrected chi connectivity index (χ1v) is 9.74. The lowest BCUT2D eigenvalue weighted by Crippen LogP contribution is -2.46. The van der Waals surface area contributed by atoms with Crippen LogP contribution in [0.3, 0.4) is 0 Å². The average molecular weight is 404 g/mol. The molecule has 0 aromatic heterocycles. The predicted octanol–water partition coefficient (Wildman–Crippen LogP) is 2.36. The summed E-state index contributed by atoms with van der Waals surface area (Å²) < 4.78 is 5.31. The first kappa shape index (κ1) is 22.0. The second-order valence-corrected chi connectivity index (χ2v) is 6.56. The highest BCUT2D eigenvalue weighted by molar-refractivity contribution is 7.94. The van der Waals surface area contributed by atoms with Gasteiger partial charge in [-0.25, -0.2) is 0 Å². The van der Waals surface area contributed by atoms with Gasteiger partial charge in [-0.15, -0.1) is 0 Å². The third kappa shape index (κ3) is 6.12. The van der Waals surface area contributed by atoms with Gasteiger partial charge in [0.15, 0.2) is 0 Å². The topological polar surface area (TPSA) is 110 Å². The molecule has 150 valence electrons. The zero-order chi connectivity index (χ0) is 20.5. The van der Waals surface area contributed by atoms with Crippen LogP contribution in [-0.4, -0.2) is 56.2 Å². The van der Waals surface area contributed by atoms with Gasteiger partial charge in [0.2, 0.25) is 0 Å². The van der Waals surface area contributed by atoms with Crippen LogP contribution < -0.4 is 0 Å². The van der Waals surface area contributed by atoms with Crippen molar-refractivity contribution in [3.63, 3.8) is 0 Å². The summed E-state index contributed by atoms with van der Waals surface area (Å²) in [5, 5.41) is 51.2. The molecule has 0 aliphatic carbocycles. The molecule has 0 aliphatic heterocycles. The highest BCUT2D eigenvalue weighted by atomic mass is 32.2. The normalized spacial score (nSPS) is 16.9. The van der Waals surface area contributed by atoms with E-state index in [4.69, 9.17) is 4.18 Å². The van der Waals surface area contributed by atoms with Gasteiger partial charge in [-0.3, -0.25) is 0 Å². The van der Waals surface area contributed by atoms with Crippen LogP contribution in [0.1, 0.15) is 11.1 Å². The molecule has 7 heteroatoms. The van der Waals surface area contributed by atoms with Crippen molar-refractivity contribution in [1.29, 1.82) is 0 Å². The van der Waals surface area contributed by atoms with Crippen molar-refractivity contribution in [2.75, 3.05) is 6.26 Å². The van der Waals surface area contributed by atoms with Crippen molar-refractivity contribution in [2.24, 2.45) is 0 Å². The number of aliphatic hydroxyl groups excluding tert-OH is 5. The Morgan fingerprint density at radius 2 is 1.25 bits per heavy atom. The van der Waals surface area contributed by atoms with Gasteiger partial charge in [0.05, 0.1) is 12.0 Å². The summed E-state index contributed by atoms with van der Waals surface area (Å²) in [4.78, 5) is 0. The van der Waals surface area contributed by atoms with E-state index in [9.17, 15) is 25.5 Å².